The second-order valence-corrected chi connectivity index (χ2v) is 7.93. The Kier molecular flexibility index (Phi) is 5.53. The number of aromatic nitrogens is 1. The smallest absolute Gasteiger partial charge is 0.300 e. The Morgan fingerprint density at radius 3 is 2.44 bits per heavy atom. The largest absolute Gasteiger partial charge is 0.507 e. The number of rotatable bonds is 4. The second-order valence-electron chi connectivity index (χ2n) is 7.93. The van der Waals surface area contributed by atoms with Crippen LogP contribution >= 0.6 is 0 Å². The Hall–Kier alpha value is -3.93. The average molecular weight is 428 g/mol. The van der Waals surface area contributed by atoms with E-state index in [-0.39, 0.29) is 11.3 Å². The lowest BCUT2D eigenvalue weighted by molar-refractivity contribution is -0.132. The van der Waals surface area contributed by atoms with Gasteiger partial charge in [0.1, 0.15) is 17.6 Å². The molecular weight excluding hydrogens is 404 g/mol. The van der Waals surface area contributed by atoms with Crippen molar-refractivity contribution in [2.75, 3.05) is 12.0 Å². The summed E-state index contributed by atoms with van der Waals surface area (Å²) in [4.78, 5) is 32.3. The molecule has 1 aliphatic heterocycles. The van der Waals surface area contributed by atoms with Gasteiger partial charge in [0.05, 0.1) is 23.9 Å². The maximum Gasteiger partial charge on any atom is 0.300 e. The fraction of sp³-hybridized carbons (Fsp3) is 0.192. The molecular formula is C26H24N2O4. The number of carbonyl (C=O) groups excluding carboxylic acids is 2. The first-order valence-corrected chi connectivity index (χ1v) is 10.3. The standard InChI is InChI=1S/C26H24N2O4/c1-15-8-7-9-18(13-15)28-22(20-10-5-6-11-27-20)21(24(30)26(28)31)23(29)19-14-16(2)12-17(3)25(19)32-4/h5-14,22,29H,1-4H3/b23-21+. The molecule has 0 aliphatic carbocycles. The van der Waals surface area contributed by atoms with Gasteiger partial charge in [0.15, 0.2) is 0 Å². The van der Waals surface area contributed by atoms with Crippen molar-refractivity contribution in [1.29, 1.82) is 0 Å². The molecule has 0 bridgehead atoms. The molecule has 1 atom stereocenters. The summed E-state index contributed by atoms with van der Waals surface area (Å²) in [5.41, 5.74) is 4.06. The van der Waals surface area contributed by atoms with Crippen molar-refractivity contribution in [2.45, 2.75) is 26.8 Å². The van der Waals surface area contributed by atoms with Gasteiger partial charge in [-0.2, -0.15) is 0 Å². The number of benzene rings is 2. The molecule has 162 valence electrons. The van der Waals surface area contributed by atoms with Crippen LogP contribution in [0.1, 0.15) is 34.0 Å². The Morgan fingerprint density at radius 1 is 1.00 bits per heavy atom. The van der Waals surface area contributed by atoms with Crippen molar-refractivity contribution in [3.63, 3.8) is 0 Å². The van der Waals surface area contributed by atoms with Crippen LogP contribution in [-0.4, -0.2) is 28.9 Å². The highest BCUT2D eigenvalue weighted by atomic mass is 16.5. The third-order valence-electron chi connectivity index (χ3n) is 5.57. The van der Waals surface area contributed by atoms with E-state index >= 15 is 0 Å². The minimum absolute atomic E-state index is 0.0153. The number of hydrogen-bond donors (Lipinski definition) is 1. The SMILES string of the molecule is COc1c(C)cc(C)cc1/C(O)=C1\C(=O)C(=O)N(c2cccc(C)c2)C1c1ccccn1. The Labute approximate surface area is 186 Å². The summed E-state index contributed by atoms with van der Waals surface area (Å²) in [7, 11) is 1.51. The molecule has 1 saturated heterocycles. The number of amides is 1. The number of aliphatic hydroxyl groups excluding tert-OH is 1. The van der Waals surface area contributed by atoms with Crippen LogP contribution in [0.2, 0.25) is 0 Å². The Balaban J connectivity index is 2.01. The molecule has 0 spiro atoms. The van der Waals surface area contributed by atoms with Crippen molar-refractivity contribution in [1.82, 2.24) is 4.98 Å². The molecule has 6 heteroatoms. The van der Waals surface area contributed by atoms with Crippen molar-refractivity contribution in [3.05, 3.63) is 94.3 Å². The van der Waals surface area contributed by atoms with E-state index in [1.54, 1.807) is 36.5 Å². The van der Waals surface area contributed by atoms with Crippen LogP contribution in [0.3, 0.4) is 0 Å². The quantitative estimate of drug-likeness (QED) is 0.372. The highest BCUT2D eigenvalue weighted by molar-refractivity contribution is 6.51. The topological polar surface area (TPSA) is 79.7 Å². The average Bonchev–Trinajstić information content (AvgIpc) is 3.04. The van der Waals surface area contributed by atoms with E-state index in [2.05, 4.69) is 4.98 Å². The van der Waals surface area contributed by atoms with Gasteiger partial charge < -0.3 is 9.84 Å². The molecule has 0 radical (unpaired) electrons. The highest BCUT2D eigenvalue weighted by Crippen LogP contribution is 2.43. The van der Waals surface area contributed by atoms with Gasteiger partial charge in [-0.1, -0.05) is 24.3 Å². The van der Waals surface area contributed by atoms with Crippen molar-refractivity contribution in [2.24, 2.45) is 0 Å². The highest BCUT2D eigenvalue weighted by Gasteiger charge is 2.47. The third-order valence-corrected chi connectivity index (χ3v) is 5.57. The second kappa shape index (κ2) is 8.30. The van der Waals surface area contributed by atoms with Crippen LogP contribution in [0.4, 0.5) is 5.69 Å². The van der Waals surface area contributed by atoms with Gasteiger partial charge in [0, 0.05) is 11.9 Å². The third kappa shape index (κ3) is 3.54. The predicted molar refractivity (Wildman–Crippen MR) is 123 cm³/mol. The van der Waals surface area contributed by atoms with Crippen LogP contribution in [0.25, 0.3) is 5.76 Å². The molecule has 1 N–H and O–H groups in total. The summed E-state index contributed by atoms with van der Waals surface area (Å²) in [5, 5.41) is 11.4. The number of nitrogens with zero attached hydrogens (tertiary/aromatic N) is 2. The fourth-order valence-electron chi connectivity index (χ4n) is 4.24. The number of ether oxygens (including phenoxy) is 1. The molecule has 2 heterocycles. The maximum absolute atomic E-state index is 13.3. The Morgan fingerprint density at radius 2 is 1.78 bits per heavy atom. The number of methoxy groups -OCH3 is 1. The number of pyridine rings is 1. The number of aliphatic hydroxyl groups is 1. The number of ketones is 1. The normalized spacial score (nSPS) is 17.6. The summed E-state index contributed by atoms with van der Waals surface area (Å²) in [6, 6.07) is 15.4. The van der Waals surface area contributed by atoms with Crippen LogP contribution in [0.15, 0.2) is 66.4 Å². The van der Waals surface area contributed by atoms with Crippen LogP contribution < -0.4 is 9.64 Å². The molecule has 2 aromatic carbocycles. The van der Waals surface area contributed by atoms with Gasteiger partial charge in [-0.25, -0.2) is 0 Å². The van der Waals surface area contributed by atoms with Gasteiger partial charge in [0.2, 0.25) is 0 Å². The molecule has 1 aromatic heterocycles. The Bertz CT molecular complexity index is 1250. The molecule has 1 unspecified atom stereocenters. The maximum atomic E-state index is 13.3. The first kappa shape index (κ1) is 21.3. The predicted octanol–water partition coefficient (Wildman–Crippen LogP) is 4.64. The summed E-state index contributed by atoms with van der Waals surface area (Å²) in [6.07, 6.45) is 1.60. The van der Waals surface area contributed by atoms with Crippen LogP contribution in [-0.2, 0) is 9.59 Å². The van der Waals surface area contributed by atoms with Crippen molar-refractivity contribution < 1.29 is 19.4 Å². The van der Waals surface area contributed by atoms with Gasteiger partial charge in [0.25, 0.3) is 11.7 Å². The van der Waals surface area contributed by atoms with E-state index in [1.165, 1.54) is 12.0 Å². The van der Waals surface area contributed by atoms with E-state index in [0.717, 1.165) is 16.7 Å². The summed E-state index contributed by atoms with van der Waals surface area (Å²) in [6.45, 7) is 5.67. The molecule has 32 heavy (non-hydrogen) atoms. The lowest BCUT2D eigenvalue weighted by Gasteiger charge is -2.25. The number of hydrogen-bond acceptors (Lipinski definition) is 5. The van der Waals surface area contributed by atoms with Crippen LogP contribution in [0, 0.1) is 20.8 Å². The molecule has 0 saturated carbocycles. The van der Waals surface area contributed by atoms with Gasteiger partial charge in [-0.05, 0) is 67.8 Å². The van der Waals surface area contributed by atoms with E-state index in [4.69, 9.17) is 4.74 Å². The summed E-state index contributed by atoms with van der Waals surface area (Å²) >= 11 is 0. The number of Topliss-reactive ketones (excluding diaryl/α,β-unsaturated/α-hetero) is 1. The van der Waals surface area contributed by atoms with Gasteiger partial charge in [-0.3, -0.25) is 19.5 Å². The van der Waals surface area contributed by atoms with Crippen LogP contribution in [0.5, 0.6) is 5.75 Å². The van der Waals surface area contributed by atoms with E-state index in [0.29, 0.717) is 22.7 Å². The van der Waals surface area contributed by atoms with Crippen molar-refractivity contribution in [3.8, 4) is 5.75 Å². The van der Waals surface area contributed by atoms with E-state index in [9.17, 15) is 14.7 Å². The number of anilines is 1. The first-order valence-electron chi connectivity index (χ1n) is 10.3. The van der Waals surface area contributed by atoms with Gasteiger partial charge >= 0.3 is 0 Å². The molecule has 6 nitrogen and oxygen atoms in total. The molecule has 1 aliphatic rings. The lowest BCUT2D eigenvalue weighted by atomic mass is 9.95. The lowest BCUT2D eigenvalue weighted by Crippen LogP contribution is -2.29. The molecule has 1 amide bonds. The molecule has 3 aromatic rings. The fourth-order valence-corrected chi connectivity index (χ4v) is 4.24. The minimum atomic E-state index is -0.872. The summed E-state index contributed by atoms with van der Waals surface area (Å²) in [5.74, 6) is -1.30. The van der Waals surface area contributed by atoms with Gasteiger partial charge in [-0.15, -0.1) is 0 Å². The number of aryl methyl sites for hydroxylation is 3. The molecule has 4 rings (SSSR count). The van der Waals surface area contributed by atoms with Crippen molar-refractivity contribution >= 4 is 23.1 Å². The van der Waals surface area contributed by atoms with E-state index < -0.39 is 17.7 Å². The zero-order valence-electron chi connectivity index (χ0n) is 18.4. The minimum Gasteiger partial charge on any atom is -0.507 e. The monoisotopic (exact) mass is 428 g/mol. The summed E-state index contributed by atoms with van der Waals surface area (Å²) < 4.78 is 5.52. The molecule has 1 fully saturated rings. The zero-order chi connectivity index (χ0) is 23.0. The zero-order valence-corrected chi connectivity index (χ0v) is 18.4. The first-order chi connectivity index (χ1) is 15.3. The number of carbonyl (C=O) groups is 2. The van der Waals surface area contributed by atoms with E-state index in [1.807, 2.05) is 45.0 Å².